The quantitative estimate of drug-likeness (QED) is 0.913. The second-order valence-corrected chi connectivity index (χ2v) is 4.78. The fourth-order valence-corrected chi connectivity index (χ4v) is 2.29. The van der Waals surface area contributed by atoms with Crippen LogP contribution in [0.25, 0.3) is 0 Å². The first-order valence-electron chi connectivity index (χ1n) is 5.19. The predicted octanol–water partition coefficient (Wildman–Crippen LogP) is 3.88. The van der Waals surface area contributed by atoms with Gasteiger partial charge in [-0.2, -0.15) is 0 Å². The van der Waals surface area contributed by atoms with Gasteiger partial charge in [-0.3, -0.25) is 0 Å². The van der Waals surface area contributed by atoms with Gasteiger partial charge in [0.05, 0.1) is 0 Å². The van der Waals surface area contributed by atoms with E-state index in [4.69, 9.17) is 4.42 Å². The van der Waals surface area contributed by atoms with Gasteiger partial charge in [-0.25, -0.2) is 4.39 Å². The Bertz CT molecular complexity index is 525. The van der Waals surface area contributed by atoms with E-state index < -0.39 is 6.10 Å². The van der Waals surface area contributed by atoms with Crippen LogP contribution in [0.5, 0.6) is 0 Å². The largest absolute Gasteiger partial charge is 0.451 e. The lowest BCUT2D eigenvalue weighted by molar-refractivity contribution is 0.186. The van der Waals surface area contributed by atoms with Gasteiger partial charge in [0, 0.05) is 0 Å². The zero-order chi connectivity index (χ0) is 12.6. The van der Waals surface area contributed by atoms with E-state index in [0.717, 1.165) is 0 Å². The van der Waals surface area contributed by atoms with Crippen molar-refractivity contribution in [2.75, 3.05) is 0 Å². The summed E-state index contributed by atoms with van der Waals surface area (Å²) < 4.78 is 19.0. The molecule has 0 fully saturated rings. The van der Waals surface area contributed by atoms with Crippen LogP contribution in [0, 0.1) is 19.7 Å². The number of aliphatic hydroxyl groups is 1. The Morgan fingerprint density at radius 1 is 1.24 bits per heavy atom. The number of aryl methyl sites for hydroxylation is 2. The monoisotopic (exact) mass is 298 g/mol. The first kappa shape index (κ1) is 12.3. The molecular formula is C13H12BrFO2. The summed E-state index contributed by atoms with van der Waals surface area (Å²) in [6.07, 6.45) is -0.873. The van der Waals surface area contributed by atoms with Gasteiger partial charge in [-0.1, -0.05) is 0 Å². The molecule has 1 heterocycles. The summed E-state index contributed by atoms with van der Waals surface area (Å²) in [7, 11) is 0. The zero-order valence-corrected chi connectivity index (χ0v) is 11.1. The highest BCUT2D eigenvalue weighted by Crippen LogP contribution is 2.30. The van der Waals surface area contributed by atoms with Crippen molar-refractivity contribution in [3.05, 3.63) is 57.2 Å². The molecule has 0 saturated heterocycles. The summed E-state index contributed by atoms with van der Waals surface area (Å²) in [4.78, 5) is 0. The average Bonchev–Trinajstić information content (AvgIpc) is 2.63. The number of furan rings is 1. The van der Waals surface area contributed by atoms with Crippen LogP contribution in [0.15, 0.2) is 33.4 Å². The molecule has 4 heteroatoms. The van der Waals surface area contributed by atoms with Crippen molar-refractivity contribution in [1.29, 1.82) is 0 Å². The summed E-state index contributed by atoms with van der Waals surface area (Å²) in [5.74, 6) is 0.145. The number of aliphatic hydroxyl groups excluding tert-OH is 1. The Kier molecular flexibility index (Phi) is 3.35. The number of halogens is 2. The number of hydrogen-bond acceptors (Lipinski definition) is 2. The standard InChI is InChI=1S/C13H12BrFO2/c1-7-5-9(15)6-8(2)12(7)13(16)10-3-4-11(14)17-10/h3-6,13,16H,1-2H3. The molecule has 1 aromatic carbocycles. The smallest absolute Gasteiger partial charge is 0.169 e. The lowest BCUT2D eigenvalue weighted by Crippen LogP contribution is -2.04. The number of rotatable bonds is 2. The van der Waals surface area contributed by atoms with Crippen LogP contribution in [-0.4, -0.2) is 5.11 Å². The highest BCUT2D eigenvalue weighted by Gasteiger charge is 2.19. The Balaban J connectivity index is 2.47. The molecule has 0 radical (unpaired) electrons. The van der Waals surface area contributed by atoms with E-state index in [0.29, 0.717) is 27.1 Å². The first-order valence-corrected chi connectivity index (χ1v) is 5.98. The topological polar surface area (TPSA) is 33.4 Å². The maximum atomic E-state index is 13.2. The minimum Gasteiger partial charge on any atom is -0.451 e. The normalized spacial score (nSPS) is 12.8. The van der Waals surface area contributed by atoms with Gasteiger partial charge in [0.1, 0.15) is 17.7 Å². The van der Waals surface area contributed by atoms with E-state index in [9.17, 15) is 9.50 Å². The predicted molar refractivity (Wildman–Crippen MR) is 66.3 cm³/mol. The summed E-state index contributed by atoms with van der Waals surface area (Å²) in [5.41, 5.74) is 2.11. The van der Waals surface area contributed by atoms with E-state index >= 15 is 0 Å². The Morgan fingerprint density at radius 3 is 2.29 bits per heavy atom. The van der Waals surface area contributed by atoms with Crippen LogP contribution in [0.3, 0.4) is 0 Å². The van der Waals surface area contributed by atoms with Gasteiger partial charge in [0.15, 0.2) is 4.67 Å². The fraction of sp³-hybridized carbons (Fsp3) is 0.231. The minimum absolute atomic E-state index is 0.295. The maximum Gasteiger partial charge on any atom is 0.169 e. The molecular weight excluding hydrogens is 287 g/mol. The van der Waals surface area contributed by atoms with Crippen molar-refractivity contribution in [2.45, 2.75) is 20.0 Å². The van der Waals surface area contributed by atoms with E-state index in [2.05, 4.69) is 15.9 Å². The third kappa shape index (κ3) is 2.42. The van der Waals surface area contributed by atoms with Crippen molar-refractivity contribution >= 4 is 15.9 Å². The molecule has 2 nitrogen and oxygen atoms in total. The van der Waals surface area contributed by atoms with Gasteiger partial charge in [-0.15, -0.1) is 0 Å². The van der Waals surface area contributed by atoms with Crippen LogP contribution in [0.4, 0.5) is 4.39 Å². The highest BCUT2D eigenvalue weighted by atomic mass is 79.9. The van der Waals surface area contributed by atoms with Crippen molar-refractivity contribution in [2.24, 2.45) is 0 Å². The Labute approximate surface area is 107 Å². The molecule has 1 unspecified atom stereocenters. The summed E-state index contributed by atoms with van der Waals surface area (Å²) >= 11 is 3.18. The zero-order valence-electron chi connectivity index (χ0n) is 9.50. The lowest BCUT2D eigenvalue weighted by atomic mass is 9.96. The first-order chi connectivity index (χ1) is 7.99. The molecule has 0 amide bonds. The third-order valence-electron chi connectivity index (χ3n) is 2.70. The number of hydrogen-bond donors (Lipinski definition) is 1. The van der Waals surface area contributed by atoms with Crippen LogP contribution in [0.2, 0.25) is 0 Å². The van der Waals surface area contributed by atoms with Crippen molar-refractivity contribution in [3.63, 3.8) is 0 Å². The molecule has 0 aliphatic rings. The van der Waals surface area contributed by atoms with Crippen molar-refractivity contribution < 1.29 is 13.9 Å². The molecule has 0 spiro atoms. The second kappa shape index (κ2) is 4.63. The van der Waals surface area contributed by atoms with Crippen molar-refractivity contribution in [1.82, 2.24) is 0 Å². The van der Waals surface area contributed by atoms with Crippen molar-refractivity contribution in [3.8, 4) is 0 Å². The Morgan fingerprint density at radius 2 is 1.82 bits per heavy atom. The molecule has 0 saturated carbocycles. The summed E-state index contributed by atoms with van der Waals surface area (Å²) in [5, 5.41) is 10.2. The summed E-state index contributed by atoms with van der Waals surface area (Å²) in [6.45, 7) is 3.54. The van der Waals surface area contributed by atoms with Crippen LogP contribution >= 0.6 is 15.9 Å². The molecule has 1 atom stereocenters. The maximum absolute atomic E-state index is 13.2. The Hall–Kier alpha value is -1.13. The van der Waals surface area contributed by atoms with Crippen LogP contribution < -0.4 is 0 Å². The van der Waals surface area contributed by atoms with E-state index in [1.54, 1.807) is 26.0 Å². The fourth-order valence-electron chi connectivity index (χ4n) is 1.97. The SMILES string of the molecule is Cc1cc(F)cc(C)c1C(O)c1ccc(Br)o1. The second-order valence-electron chi connectivity index (χ2n) is 4.00. The third-order valence-corrected chi connectivity index (χ3v) is 3.12. The molecule has 0 aliphatic heterocycles. The van der Waals surface area contributed by atoms with Gasteiger partial charge in [0.2, 0.25) is 0 Å². The van der Waals surface area contributed by atoms with Crippen LogP contribution in [-0.2, 0) is 0 Å². The number of benzene rings is 1. The molecule has 0 aliphatic carbocycles. The molecule has 1 aromatic heterocycles. The molecule has 2 aromatic rings. The molecule has 90 valence electrons. The van der Waals surface area contributed by atoms with E-state index in [-0.39, 0.29) is 5.82 Å². The molecule has 0 bridgehead atoms. The van der Waals surface area contributed by atoms with Gasteiger partial charge >= 0.3 is 0 Å². The molecule has 2 rings (SSSR count). The van der Waals surface area contributed by atoms with Gasteiger partial charge < -0.3 is 9.52 Å². The lowest BCUT2D eigenvalue weighted by Gasteiger charge is -2.14. The van der Waals surface area contributed by atoms with Gasteiger partial charge in [0.25, 0.3) is 0 Å². The average molecular weight is 299 g/mol. The highest BCUT2D eigenvalue weighted by molar-refractivity contribution is 9.10. The minimum atomic E-state index is -0.873. The van der Waals surface area contributed by atoms with Gasteiger partial charge in [-0.05, 0) is 70.7 Å². The summed E-state index contributed by atoms with van der Waals surface area (Å²) in [6, 6.07) is 6.22. The van der Waals surface area contributed by atoms with Crippen LogP contribution in [0.1, 0.15) is 28.6 Å². The molecule has 1 N–H and O–H groups in total. The van der Waals surface area contributed by atoms with E-state index in [1.807, 2.05) is 0 Å². The van der Waals surface area contributed by atoms with E-state index in [1.165, 1.54) is 12.1 Å². The molecule has 17 heavy (non-hydrogen) atoms.